The van der Waals surface area contributed by atoms with Crippen LogP contribution in [0.2, 0.25) is 5.02 Å². The molecule has 1 aliphatic heterocycles. The Bertz CT molecular complexity index is 830. The highest BCUT2D eigenvalue weighted by atomic mass is 35.5. The first-order valence-electron chi connectivity index (χ1n) is 9.32. The lowest BCUT2D eigenvalue weighted by Gasteiger charge is -2.20. The van der Waals surface area contributed by atoms with Gasteiger partial charge < -0.3 is 25.6 Å². The van der Waals surface area contributed by atoms with Crippen LogP contribution in [0.5, 0.6) is 5.75 Å². The van der Waals surface area contributed by atoms with E-state index in [2.05, 4.69) is 17.6 Å². The van der Waals surface area contributed by atoms with Gasteiger partial charge in [-0.2, -0.15) is 0 Å². The Hall–Kier alpha value is -2.28. The molecule has 28 heavy (non-hydrogen) atoms. The van der Waals surface area contributed by atoms with Gasteiger partial charge in [0, 0.05) is 30.1 Å². The van der Waals surface area contributed by atoms with E-state index in [-0.39, 0.29) is 18.6 Å². The number of carboxylic acids is 1. The van der Waals surface area contributed by atoms with Gasteiger partial charge in [-0.3, -0.25) is 0 Å². The lowest BCUT2D eigenvalue weighted by molar-refractivity contribution is -0.139. The molecule has 0 aliphatic carbocycles. The van der Waals surface area contributed by atoms with Crippen LogP contribution in [-0.2, 0) is 4.79 Å². The Kier molecular flexibility index (Phi) is 6.78. The molecule has 0 amide bonds. The van der Waals surface area contributed by atoms with Crippen LogP contribution in [0, 0.1) is 0 Å². The molecule has 1 unspecified atom stereocenters. The maximum Gasteiger partial charge on any atom is 0.341 e. The zero-order chi connectivity index (χ0) is 20.1. The van der Waals surface area contributed by atoms with Crippen LogP contribution in [0.4, 0.5) is 5.69 Å². The molecule has 0 radical (unpaired) electrons. The summed E-state index contributed by atoms with van der Waals surface area (Å²) in [6.07, 6.45) is 0.260. The molecule has 2 aromatic rings. The van der Waals surface area contributed by atoms with E-state index in [4.69, 9.17) is 21.4 Å². The second-order valence-electron chi connectivity index (χ2n) is 7.10. The van der Waals surface area contributed by atoms with E-state index in [9.17, 15) is 9.90 Å². The highest BCUT2D eigenvalue weighted by Gasteiger charge is 2.26. The minimum absolute atomic E-state index is 0.190. The standard InChI is InChI=1S/C21H25ClN2O4/c1-13(23-11-18(25)14-4-2-5-16(22)9-14)8-15-10-24-21-17(15)6-3-7-19(21)28-12-20(26)27/h2-7,9,13,15,18,23-25H,8,10-12H2,1H3,(H,26,27)/t13-,15?,18+/m1/s1. The maximum absolute atomic E-state index is 10.7. The topological polar surface area (TPSA) is 90.8 Å². The third-order valence-corrected chi connectivity index (χ3v) is 5.14. The van der Waals surface area contributed by atoms with Crippen molar-refractivity contribution in [2.45, 2.75) is 31.4 Å². The first-order chi connectivity index (χ1) is 13.4. The molecular formula is C21H25ClN2O4. The number of ether oxygens (including phenoxy) is 1. The molecule has 150 valence electrons. The van der Waals surface area contributed by atoms with Gasteiger partial charge in [0.25, 0.3) is 0 Å². The number of fused-ring (bicyclic) bond motifs is 1. The van der Waals surface area contributed by atoms with E-state index in [1.807, 2.05) is 24.3 Å². The molecule has 0 aromatic heterocycles. The summed E-state index contributed by atoms with van der Waals surface area (Å²) < 4.78 is 5.38. The van der Waals surface area contributed by atoms with Crippen molar-refractivity contribution in [2.75, 3.05) is 25.0 Å². The maximum atomic E-state index is 10.7. The first kappa shape index (κ1) is 20.5. The van der Waals surface area contributed by atoms with Gasteiger partial charge in [-0.1, -0.05) is 35.9 Å². The number of carboxylic acid groups (broad SMARTS) is 1. The smallest absolute Gasteiger partial charge is 0.341 e. The molecule has 4 N–H and O–H groups in total. The summed E-state index contributed by atoms with van der Waals surface area (Å²) in [5.74, 6) is -0.142. The van der Waals surface area contributed by atoms with Crippen LogP contribution < -0.4 is 15.4 Å². The molecule has 1 aliphatic rings. The van der Waals surface area contributed by atoms with E-state index >= 15 is 0 Å². The summed E-state index contributed by atoms with van der Waals surface area (Å²) in [5, 5.41) is 26.5. The van der Waals surface area contributed by atoms with Crippen molar-refractivity contribution >= 4 is 23.3 Å². The van der Waals surface area contributed by atoms with Crippen molar-refractivity contribution in [3.8, 4) is 5.75 Å². The zero-order valence-electron chi connectivity index (χ0n) is 15.7. The van der Waals surface area contributed by atoms with Crippen LogP contribution in [0.25, 0.3) is 0 Å². The molecular weight excluding hydrogens is 380 g/mol. The van der Waals surface area contributed by atoms with Crippen molar-refractivity contribution < 1.29 is 19.7 Å². The second kappa shape index (κ2) is 9.28. The number of anilines is 1. The van der Waals surface area contributed by atoms with Crippen molar-refractivity contribution in [1.29, 1.82) is 0 Å². The van der Waals surface area contributed by atoms with Gasteiger partial charge in [0.2, 0.25) is 0 Å². The molecule has 0 fully saturated rings. The third kappa shape index (κ3) is 5.16. The van der Waals surface area contributed by atoms with E-state index < -0.39 is 12.1 Å². The zero-order valence-corrected chi connectivity index (χ0v) is 16.4. The molecule has 0 saturated heterocycles. The van der Waals surface area contributed by atoms with Crippen molar-refractivity contribution in [3.05, 3.63) is 58.6 Å². The normalized spacial score (nSPS) is 17.5. The lowest BCUT2D eigenvalue weighted by atomic mass is 9.94. The summed E-state index contributed by atoms with van der Waals surface area (Å²) in [4.78, 5) is 10.7. The summed E-state index contributed by atoms with van der Waals surface area (Å²) >= 11 is 5.98. The fourth-order valence-corrected chi connectivity index (χ4v) is 3.74. The minimum atomic E-state index is -0.997. The Balaban J connectivity index is 1.55. The molecule has 0 saturated carbocycles. The number of benzene rings is 2. The van der Waals surface area contributed by atoms with Crippen molar-refractivity contribution in [2.24, 2.45) is 0 Å². The number of rotatable bonds is 9. The van der Waals surface area contributed by atoms with Crippen molar-refractivity contribution in [3.63, 3.8) is 0 Å². The summed E-state index contributed by atoms with van der Waals surface area (Å²) in [6, 6.07) is 13.1. The van der Waals surface area contributed by atoms with Crippen LogP contribution >= 0.6 is 11.6 Å². The Morgan fingerprint density at radius 3 is 2.89 bits per heavy atom. The molecule has 0 spiro atoms. The minimum Gasteiger partial charge on any atom is -0.480 e. The van der Waals surface area contributed by atoms with Crippen molar-refractivity contribution in [1.82, 2.24) is 5.32 Å². The number of hydrogen-bond acceptors (Lipinski definition) is 5. The van der Waals surface area contributed by atoms with Crippen LogP contribution in [0.3, 0.4) is 0 Å². The van der Waals surface area contributed by atoms with E-state index in [1.54, 1.807) is 18.2 Å². The number of carbonyl (C=O) groups is 1. The molecule has 0 bridgehead atoms. The lowest BCUT2D eigenvalue weighted by Crippen LogP contribution is -2.32. The van der Waals surface area contributed by atoms with E-state index in [0.29, 0.717) is 17.3 Å². The van der Waals surface area contributed by atoms with Gasteiger partial charge in [0.15, 0.2) is 6.61 Å². The van der Waals surface area contributed by atoms with Gasteiger partial charge in [-0.25, -0.2) is 4.79 Å². The fraction of sp³-hybridized carbons (Fsp3) is 0.381. The molecule has 2 aromatic carbocycles. The van der Waals surface area contributed by atoms with Gasteiger partial charge in [0.05, 0.1) is 11.8 Å². The van der Waals surface area contributed by atoms with Gasteiger partial charge in [-0.05, 0) is 42.7 Å². The number of aliphatic carboxylic acids is 1. The average Bonchev–Trinajstić information content (AvgIpc) is 3.07. The summed E-state index contributed by atoms with van der Waals surface area (Å²) in [5.41, 5.74) is 2.80. The monoisotopic (exact) mass is 404 g/mol. The number of aliphatic hydroxyl groups excluding tert-OH is 1. The number of hydrogen-bond donors (Lipinski definition) is 4. The number of para-hydroxylation sites is 1. The predicted octanol–water partition coefficient (Wildman–Crippen LogP) is 3.41. The average molecular weight is 405 g/mol. The quantitative estimate of drug-likeness (QED) is 0.512. The van der Waals surface area contributed by atoms with Gasteiger partial charge in [-0.15, -0.1) is 0 Å². The number of aliphatic hydroxyl groups is 1. The molecule has 6 nitrogen and oxygen atoms in total. The first-order valence-corrected chi connectivity index (χ1v) is 9.70. The molecule has 7 heteroatoms. The van der Waals surface area contributed by atoms with Crippen LogP contribution in [0.15, 0.2) is 42.5 Å². The van der Waals surface area contributed by atoms with Crippen LogP contribution in [0.1, 0.15) is 36.5 Å². The summed E-state index contributed by atoms with van der Waals surface area (Å²) in [6.45, 7) is 2.94. The van der Waals surface area contributed by atoms with Gasteiger partial charge in [0.1, 0.15) is 5.75 Å². The third-order valence-electron chi connectivity index (χ3n) is 4.91. The fourth-order valence-electron chi connectivity index (χ4n) is 3.54. The van der Waals surface area contributed by atoms with E-state index in [1.165, 1.54) is 0 Å². The van der Waals surface area contributed by atoms with Crippen LogP contribution in [-0.4, -0.2) is 41.9 Å². The number of nitrogens with one attached hydrogen (secondary N) is 2. The molecule has 3 atom stereocenters. The van der Waals surface area contributed by atoms with Gasteiger partial charge >= 0.3 is 5.97 Å². The number of halogens is 1. The van der Waals surface area contributed by atoms with E-state index in [0.717, 1.165) is 29.8 Å². The second-order valence-corrected chi connectivity index (χ2v) is 7.53. The SMILES string of the molecule is C[C@H](CC1CNc2c(OCC(=O)O)cccc21)NC[C@H](O)c1cccc(Cl)c1. The molecule has 3 rings (SSSR count). The predicted molar refractivity (Wildman–Crippen MR) is 109 cm³/mol. The Labute approximate surface area is 169 Å². The Morgan fingerprint density at radius 1 is 1.36 bits per heavy atom. The Morgan fingerprint density at radius 2 is 2.14 bits per heavy atom. The highest BCUT2D eigenvalue weighted by molar-refractivity contribution is 6.30. The molecule has 1 heterocycles. The summed E-state index contributed by atoms with van der Waals surface area (Å²) in [7, 11) is 0. The highest BCUT2D eigenvalue weighted by Crippen LogP contribution is 2.40. The largest absolute Gasteiger partial charge is 0.480 e.